The van der Waals surface area contributed by atoms with E-state index in [0.29, 0.717) is 18.0 Å². The summed E-state index contributed by atoms with van der Waals surface area (Å²) in [5, 5.41) is 0.282. The molecule has 6 nitrogen and oxygen atoms in total. The molecular weight excluding hydrogens is 258 g/mol. The highest BCUT2D eigenvalue weighted by atomic mass is 16.5. The summed E-state index contributed by atoms with van der Waals surface area (Å²) in [5.74, 6) is 2.76. The summed E-state index contributed by atoms with van der Waals surface area (Å²) < 4.78 is 7.85. The Hall–Kier alpha value is -2.55. The molecule has 0 aromatic carbocycles. The number of hydrogen-bond acceptors (Lipinski definition) is 4. The highest BCUT2D eigenvalue weighted by Gasteiger charge is 2.17. The van der Waals surface area contributed by atoms with Gasteiger partial charge in [-0.15, -0.1) is 6.42 Å². The van der Waals surface area contributed by atoms with Crippen molar-refractivity contribution in [2.75, 3.05) is 6.61 Å². The molecule has 0 radical (unpaired) electrons. The molecule has 0 atom stereocenters. The number of rotatable bonds is 3. The Kier molecular flexibility index (Phi) is 3.61. The van der Waals surface area contributed by atoms with Gasteiger partial charge in [0, 0.05) is 18.8 Å². The highest BCUT2D eigenvalue weighted by Crippen LogP contribution is 2.24. The van der Waals surface area contributed by atoms with Crippen LogP contribution in [0.3, 0.4) is 0 Å². The molecule has 0 saturated heterocycles. The molecule has 0 fully saturated rings. The lowest BCUT2D eigenvalue weighted by atomic mass is 10.2. The minimum absolute atomic E-state index is 0.0824. The molecule has 2 rings (SSSR count). The standard InChI is InChI=1S/C14H15N3O3/c1-5-7-17-13(18)10-11(20-6-2)9(3)8-15-12(10)16(4)14(17)19/h1,8H,6-7H2,2-4H3. The molecule has 0 saturated carbocycles. The van der Waals surface area contributed by atoms with Gasteiger partial charge in [-0.25, -0.2) is 14.3 Å². The zero-order valence-electron chi connectivity index (χ0n) is 11.6. The zero-order valence-corrected chi connectivity index (χ0v) is 11.6. The van der Waals surface area contributed by atoms with Crippen LogP contribution in [0, 0.1) is 19.3 Å². The molecule has 6 heteroatoms. The summed E-state index contributed by atoms with van der Waals surface area (Å²) in [6, 6.07) is 0. The fourth-order valence-electron chi connectivity index (χ4n) is 2.08. The summed E-state index contributed by atoms with van der Waals surface area (Å²) in [6.45, 7) is 3.96. The van der Waals surface area contributed by atoms with E-state index >= 15 is 0 Å². The normalized spacial score (nSPS) is 10.5. The lowest BCUT2D eigenvalue weighted by molar-refractivity contribution is 0.341. The molecule has 0 aliphatic carbocycles. The number of aryl methyl sites for hydroxylation is 2. The Balaban J connectivity index is 3.03. The van der Waals surface area contributed by atoms with Crippen LogP contribution in [0.1, 0.15) is 12.5 Å². The predicted octanol–water partition coefficient (Wildman–Crippen LogP) is 0.436. The van der Waals surface area contributed by atoms with Crippen LogP contribution in [-0.2, 0) is 13.6 Å². The lowest BCUT2D eigenvalue weighted by Crippen LogP contribution is -2.39. The first kappa shape index (κ1) is 13.9. The van der Waals surface area contributed by atoms with Gasteiger partial charge in [-0.05, 0) is 13.8 Å². The zero-order chi connectivity index (χ0) is 14.9. The summed E-state index contributed by atoms with van der Waals surface area (Å²) in [4.78, 5) is 28.7. The van der Waals surface area contributed by atoms with Gasteiger partial charge >= 0.3 is 5.69 Å². The van der Waals surface area contributed by atoms with E-state index < -0.39 is 11.2 Å². The number of fused-ring (bicyclic) bond motifs is 1. The molecule has 0 aliphatic rings. The lowest BCUT2D eigenvalue weighted by Gasteiger charge is -2.13. The van der Waals surface area contributed by atoms with Gasteiger partial charge in [0.1, 0.15) is 11.1 Å². The van der Waals surface area contributed by atoms with Crippen molar-refractivity contribution < 1.29 is 4.74 Å². The number of aromatic nitrogens is 3. The van der Waals surface area contributed by atoms with Crippen molar-refractivity contribution in [3.63, 3.8) is 0 Å². The maximum absolute atomic E-state index is 12.5. The third-order valence-corrected chi connectivity index (χ3v) is 3.02. The first-order valence-electron chi connectivity index (χ1n) is 6.18. The molecule has 20 heavy (non-hydrogen) atoms. The number of ether oxygens (including phenoxy) is 1. The highest BCUT2D eigenvalue weighted by molar-refractivity contribution is 5.82. The topological polar surface area (TPSA) is 66.1 Å². The summed E-state index contributed by atoms with van der Waals surface area (Å²) in [6.07, 6.45) is 6.80. The van der Waals surface area contributed by atoms with Crippen LogP contribution >= 0.6 is 0 Å². The van der Waals surface area contributed by atoms with Crippen molar-refractivity contribution >= 4 is 11.0 Å². The third kappa shape index (κ3) is 1.97. The molecule has 0 N–H and O–H groups in total. The monoisotopic (exact) mass is 273 g/mol. The largest absolute Gasteiger partial charge is 0.493 e. The molecule has 0 unspecified atom stereocenters. The number of nitrogens with zero attached hydrogens (tertiary/aromatic N) is 3. The fourth-order valence-corrected chi connectivity index (χ4v) is 2.08. The van der Waals surface area contributed by atoms with Crippen molar-refractivity contribution in [3.05, 3.63) is 32.6 Å². The summed E-state index contributed by atoms with van der Waals surface area (Å²) >= 11 is 0. The molecule has 2 aromatic rings. The van der Waals surface area contributed by atoms with Crippen LogP contribution in [0.5, 0.6) is 5.75 Å². The van der Waals surface area contributed by atoms with E-state index in [4.69, 9.17) is 11.2 Å². The van der Waals surface area contributed by atoms with Crippen molar-refractivity contribution in [3.8, 4) is 18.1 Å². The van der Waals surface area contributed by atoms with Gasteiger partial charge in [0.2, 0.25) is 0 Å². The van der Waals surface area contributed by atoms with Crippen molar-refractivity contribution in [1.29, 1.82) is 0 Å². The average molecular weight is 273 g/mol. The molecule has 2 heterocycles. The average Bonchev–Trinajstić information content (AvgIpc) is 2.43. The van der Waals surface area contributed by atoms with Gasteiger partial charge < -0.3 is 4.74 Å². The molecule has 104 valence electrons. The van der Waals surface area contributed by atoms with Gasteiger partial charge in [0.25, 0.3) is 5.56 Å². The molecule has 0 spiro atoms. The fraction of sp³-hybridized carbons (Fsp3) is 0.357. The Morgan fingerprint density at radius 1 is 1.45 bits per heavy atom. The van der Waals surface area contributed by atoms with Crippen LogP contribution in [0.25, 0.3) is 11.0 Å². The van der Waals surface area contributed by atoms with E-state index in [1.54, 1.807) is 20.2 Å². The smallest absolute Gasteiger partial charge is 0.333 e. The second-order valence-corrected chi connectivity index (χ2v) is 4.34. The Labute approximate surface area is 115 Å². The van der Waals surface area contributed by atoms with Gasteiger partial charge in [-0.1, -0.05) is 5.92 Å². The molecule has 0 bridgehead atoms. The minimum Gasteiger partial charge on any atom is -0.493 e. The van der Waals surface area contributed by atoms with Crippen molar-refractivity contribution in [2.24, 2.45) is 7.05 Å². The van der Waals surface area contributed by atoms with Gasteiger partial charge in [0.15, 0.2) is 5.65 Å². The van der Waals surface area contributed by atoms with Crippen LogP contribution in [0.15, 0.2) is 15.8 Å². The van der Waals surface area contributed by atoms with Gasteiger partial charge in [-0.3, -0.25) is 9.36 Å². The van der Waals surface area contributed by atoms with E-state index in [2.05, 4.69) is 10.9 Å². The number of terminal acetylenes is 1. The van der Waals surface area contributed by atoms with Crippen LogP contribution in [-0.4, -0.2) is 20.7 Å². The van der Waals surface area contributed by atoms with E-state index in [-0.39, 0.29) is 11.9 Å². The Morgan fingerprint density at radius 2 is 2.15 bits per heavy atom. The van der Waals surface area contributed by atoms with Gasteiger partial charge in [0.05, 0.1) is 13.2 Å². The number of hydrogen-bond donors (Lipinski definition) is 0. The first-order chi connectivity index (χ1) is 9.52. The van der Waals surface area contributed by atoms with Crippen LogP contribution in [0.2, 0.25) is 0 Å². The third-order valence-electron chi connectivity index (χ3n) is 3.02. The SMILES string of the molecule is C#CCn1c(=O)c2c(OCC)c(C)cnc2n(C)c1=O. The van der Waals surface area contributed by atoms with E-state index in [1.807, 2.05) is 6.92 Å². The van der Waals surface area contributed by atoms with Crippen molar-refractivity contribution in [2.45, 2.75) is 20.4 Å². The number of pyridine rings is 1. The molecule has 0 amide bonds. The van der Waals surface area contributed by atoms with Crippen molar-refractivity contribution in [1.82, 2.24) is 14.1 Å². The van der Waals surface area contributed by atoms with Gasteiger partial charge in [-0.2, -0.15) is 0 Å². The van der Waals surface area contributed by atoms with E-state index in [9.17, 15) is 9.59 Å². The maximum Gasteiger partial charge on any atom is 0.333 e. The van der Waals surface area contributed by atoms with E-state index in [1.165, 1.54) is 4.57 Å². The second-order valence-electron chi connectivity index (χ2n) is 4.34. The summed E-state index contributed by atoms with van der Waals surface area (Å²) in [7, 11) is 1.55. The second kappa shape index (κ2) is 5.21. The van der Waals surface area contributed by atoms with E-state index in [0.717, 1.165) is 10.1 Å². The minimum atomic E-state index is -0.487. The predicted molar refractivity (Wildman–Crippen MR) is 76.0 cm³/mol. The summed E-state index contributed by atoms with van der Waals surface area (Å²) in [5.41, 5.74) is 0.0737. The quantitative estimate of drug-likeness (QED) is 0.761. The molecular formula is C14H15N3O3. The van der Waals surface area contributed by atoms with Crippen LogP contribution < -0.4 is 16.0 Å². The Morgan fingerprint density at radius 3 is 2.75 bits per heavy atom. The molecule has 0 aliphatic heterocycles. The first-order valence-corrected chi connectivity index (χ1v) is 6.18. The van der Waals surface area contributed by atoms with Crippen LogP contribution in [0.4, 0.5) is 0 Å². The maximum atomic E-state index is 12.5. The molecule has 2 aromatic heterocycles. The Bertz CT molecular complexity index is 825.